The van der Waals surface area contributed by atoms with Gasteiger partial charge in [-0.15, -0.1) is 0 Å². The molecule has 1 aromatic carbocycles. The molecule has 0 saturated carbocycles. The van der Waals surface area contributed by atoms with Crippen molar-refractivity contribution in [2.45, 2.75) is 18.7 Å². The lowest BCUT2D eigenvalue weighted by Crippen LogP contribution is -2.64. The molecule has 1 unspecified atom stereocenters. The Morgan fingerprint density at radius 1 is 1.21 bits per heavy atom. The van der Waals surface area contributed by atoms with E-state index in [0.717, 1.165) is 31.3 Å². The summed E-state index contributed by atoms with van der Waals surface area (Å²) in [5.41, 5.74) is 1.12. The third-order valence-electron chi connectivity index (χ3n) is 4.29. The first-order valence-corrected chi connectivity index (χ1v) is 6.44. The summed E-state index contributed by atoms with van der Waals surface area (Å²) in [4.78, 5) is 2.11. The van der Waals surface area contributed by atoms with Crippen molar-refractivity contribution in [2.75, 3.05) is 13.1 Å². The lowest BCUT2D eigenvalue weighted by atomic mass is 9.26. The highest BCUT2D eigenvalue weighted by Crippen LogP contribution is 2.51. The van der Waals surface area contributed by atoms with Crippen LogP contribution in [-0.2, 0) is 0 Å². The van der Waals surface area contributed by atoms with Crippen LogP contribution in [0.4, 0.5) is 4.39 Å². The molecule has 5 heteroatoms. The van der Waals surface area contributed by atoms with Crippen LogP contribution in [0.15, 0.2) is 24.3 Å². The third kappa shape index (κ3) is 2.01. The fraction of sp³-hybridized carbons (Fsp3) is 0.429. The van der Waals surface area contributed by atoms with Gasteiger partial charge in [-0.3, -0.25) is 4.90 Å². The predicted molar refractivity (Wildman–Crippen MR) is 69.7 cm³/mol. The summed E-state index contributed by atoms with van der Waals surface area (Å²) < 4.78 is 12.9. The summed E-state index contributed by atoms with van der Waals surface area (Å²) in [5, 5.41) is 18.1. The monoisotopic (exact) mass is 253 g/mol. The average molecular weight is 253 g/mol. The van der Waals surface area contributed by atoms with Gasteiger partial charge in [0.2, 0.25) is 0 Å². The van der Waals surface area contributed by atoms with Crippen LogP contribution >= 0.6 is 0 Å². The molecule has 2 heterocycles. The number of rotatable bonds is 2. The van der Waals surface area contributed by atoms with Crippen LogP contribution in [0.1, 0.15) is 11.6 Å². The second-order valence-corrected chi connectivity index (χ2v) is 5.72. The Bertz CT molecular complexity index is 558. The lowest BCUT2D eigenvalue weighted by molar-refractivity contribution is -0.00274. The molecule has 3 rings (SSSR count). The molecule has 94 valence electrons. The maximum Gasteiger partial charge on any atom is 0.269 e. The Labute approximate surface area is 112 Å². The van der Waals surface area contributed by atoms with Gasteiger partial charge in [0.25, 0.3) is 6.71 Å². The summed E-state index contributed by atoms with van der Waals surface area (Å²) >= 11 is 0. The van der Waals surface area contributed by atoms with E-state index in [0.29, 0.717) is 0 Å². The van der Waals surface area contributed by atoms with Gasteiger partial charge in [-0.05, 0) is 23.1 Å². The second-order valence-electron chi connectivity index (χ2n) is 5.72. The number of halogens is 1. The van der Waals surface area contributed by atoms with Crippen LogP contribution in [-0.4, -0.2) is 24.7 Å². The molecule has 2 fully saturated rings. The van der Waals surface area contributed by atoms with Gasteiger partial charge < -0.3 is 0 Å². The van der Waals surface area contributed by atoms with Crippen LogP contribution in [0.5, 0.6) is 0 Å². The van der Waals surface area contributed by atoms with Crippen LogP contribution in [0.2, 0.25) is 12.6 Å². The van der Waals surface area contributed by atoms with Gasteiger partial charge in [-0.2, -0.15) is 5.26 Å². The highest BCUT2D eigenvalue weighted by atomic mass is 19.1. The molecule has 1 spiro atoms. The number of nitriles is 2. The van der Waals surface area contributed by atoms with Gasteiger partial charge in [0.15, 0.2) is 0 Å². The van der Waals surface area contributed by atoms with Crippen molar-refractivity contribution in [2.24, 2.45) is 5.41 Å². The van der Waals surface area contributed by atoms with E-state index in [1.807, 2.05) is 0 Å². The standard InChI is InChI=1S/C14H13BFN3/c16-12-3-1-11(2-4-12)13(5-17)19-8-14(9-19)6-15(7-14)10-18/h1-4,13H,6-9H2. The largest absolute Gasteiger partial charge is 0.283 e. The molecule has 1 aromatic rings. The summed E-state index contributed by atoms with van der Waals surface area (Å²) in [7, 11) is 0. The number of benzene rings is 1. The predicted octanol–water partition coefficient (Wildman–Crippen LogP) is 2.26. The summed E-state index contributed by atoms with van der Waals surface area (Å²) in [5.74, 6) is 2.01. The molecular weight excluding hydrogens is 240 g/mol. The molecule has 0 radical (unpaired) electrons. The number of nitrogens with zero attached hydrogens (tertiary/aromatic N) is 3. The molecule has 2 aliphatic heterocycles. The SMILES string of the molecule is N#CB1CC2(C1)CN(C(C#N)c1ccc(F)cc1)C2. The van der Waals surface area contributed by atoms with Crippen LogP contribution in [0.25, 0.3) is 0 Å². The number of likely N-dealkylation sites (tertiary alicyclic amines) is 1. The molecule has 0 N–H and O–H groups in total. The Morgan fingerprint density at radius 3 is 2.37 bits per heavy atom. The third-order valence-corrected chi connectivity index (χ3v) is 4.29. The summed E-state index contributed by atoms with van der Waals surface area (Å²) in [6.07, 6.45) is 1.92. The summed E-state index contributed by atoms with van der Waals surface area (Å²) in [6.45, 7) is 1.95. The van der Waals surface area contributed by atoms with Gasteiger partial charge in [0.1, 0.15) is 11.9 Å². The number of hydrogen-bond donors (Lipinski definition) is 0. The topological polar surface area (TPSA) is 50.8 Å². The lowest BCUT2D eigenvalue weighted by Gasteiger charge is -2.58. The zero-order valence-electron chi connectivity index (χ0n) is 10.5. The van der Waals surface area contributed by atoms with E-state index in [2.05, 4.69) is 16.9 Å². The van der Waals surface area contributed by atoms with E-state index in [1.165, 1.54) is 12.1 Å². The van der Waals surface area contributed by atoms with Gasteiger partial charge in [-0.1, -0.05) is 24.8 Å². The first-order valence-electron chi connectivity index (χ1n) is 6.44. The Kier molecular flexibility index (Phi) is 2.80. The molecule has 0 amide bonds. The normalized spacial score (nSPS) is 21.9. The van der Waals surface area contributed by atoms with Crippen molar-refractivity contribution < 1.29 is 4.39 Å². The number of hydrogen-bond acceptors (Lipinski definition) is 3. The molecule has 2 saturated heterocycles. The fourth-order valence-electron chi connectivity index (χ4n) is 3.35. The van der Waals surface area contributed by atoms with Crippen molar-refractivity contribution in [3.8, 4) is 12.0 Å². The van der Waals surface area contributed by atoms with Crippen molar-refractivity contribution in [1.82, 2.24) is 4.90 Å². The van der Waals surface area contributed by atoms with E-state index in [9.17, 15) is 9.65 Å². The van der Waals surface area contributed by atoms with Gasteiger partial charge in [0, 0.05) is 19.1 Å². The van der Waals surface area contributed by atoms with Crippen molar-refractivity contribution >= 4 is 6.71 Å². The van der Waals surface area contributed by atoms with Crippen LogP contribution in [0, 0.1) is 33.8 Å². The molecule has 2 aliphatic rings. The summed E-state index contributed by atoms with van der Waals surface area (Å²) in [6, 6.07) is 8.12. The quantitative estimate of drug-likeness (QED) is 0.759. The zero-order valence-corrected chi connectivity index (χ0v) is 10.5. The molecule has 3 nitrogen and oxygen atoms in total. The van der Waals surface area contributed by atoms with E-state index in [1.54, 1.807) is 12.1 Å². The highest BCUT2D eigenvalue weighted by molar-refractivity contribution is 6.70. The second kappa shape index (κ2) is 4.37. The van der Waals surface area contributed by atoms with Crippen molar-refractivity contribution in [1.29, 1.82) is 10.5 Å². The molecule has 0 aromatic heterocycles. The Balaban J connectivity index is 1.65. The van der Waals surface area contributed by atoms with E-state index in [4.69, 9.17) is 5.26 Å². The minimum Gasteiger partial charge on any atom is -0.283 e. The van der Waals surface area contributed by atoms with E-state index < -0.39 is 0 Å². The molecule has 0 bridgehead atoms. The molecule has 1 atom stereocenters. The van der Waals surface area contributed by atoms with Gasteiger partial charge in [-0.25, -0.2) is 9.65 Å². The van der Waals surface area contributed by atoms with Crippen LogP contribution in [0.3, 0.4) is 0 Å². The first kappa shape index (κ1) is 12.2. The minimum atomic E-state index is -0.299. The van der Waals surface area contributed by atoms with Crippen molar-refractivity contribution in [3.05, 3.63) is 35.6 Å². The average Bonchev–Trinajstić information content (AvgIpc) is 2.32. The molecule has 0 aliphatic carbocycles. The highest BCUT2D eigenvalue weighted by Gasteiger charge is 2.55. The maximum atomic E-state index is 12.9. The van der Waals surface area contributed by atoms with E-state index >= 15 is 0 Å². The molecular formula is C14H13BFN3. The Morgan fingerprint density at radius 2 is 1.84 bits per heavy atom. The minimum absolute atomic E-state index is 0.202. The molecule has 19 heavy (non-hydrogen) atoms. The van der Waals surface area contributed by atoms with Crippen molar-refractivity contribution in [3.63, 3.8) is 0 Å². The van der Waals surface area contributed by atoms with Crippen LogP contribution < -0.4 is 0 Å². The maximum absolute atomic E-state index is 12.9. The first-order chi connectivity index (χ1) is 9.15. The van der Waals surface area contributed by atoms with E-state index in [-0.39, 0.29) is 24.0 Å². The Hall–Kier alpha value is -1.85. The van der Waals surface area contributed by atoms with Gasteiger partial charge in [0.05, 0.1) is 6.07 Å². The zero-order chi connectivity index (χ0) is 13.5. The fourth-order valence-corrected chi connectivity index (χ4v) is 3.35. The smallest absolute Gasteiger partial charge is 0.269 e. The van der Waals surface area contributed by atoms with Gasteiger partial charge >= 0.3 is 0 Å².